The molecule has 3 heterocycles. The molecule has 0 saturated carbocycles. The summed E-state index contributed by atoms with van der Waals surface area (Å²) in [5.41, 5.74) is -1.19. The van der Waals surface area contributed by atoms with Gasteiger partial charge in [0.1, 0.15) is 5.54 Å². The summed E-state index contributed by atoms with van der Waals surface area (Å²) in [6.07, 6.45) is 0. The predicted octanol–water partition coefficient (Wildman–Crippen LogP) is 1.34. The first-order chi connectivity index (χ1) is 11.0. The second-order valence-electron chi connectivity index (χ2n) is 5.98. The molecular formula is C16H20N2O4S. The van der Waals surface area contributed by atoms with E-state index in [-0.39, 0.29) is 24.5 Å². The van der Waals surface area contributed by atoms with Gasteiger partial charge in [-0.05, 0) is 32.2 Å². The van der Waals surface area contributed by atoms with Gasteiger partial charge in [0.2, 0.25) is 11.8 Å². The number of imide groups is 1. The molecule has 0 aliphatic carbocycles. The van der Waals surface area contributed by atoms with Gasteiger partial charge in [0.05, 0.1) is 24.5 Å². The van der Waals surface area contributed by atoms with Crippen molar-refractivity contribution in [3.05, 3.63) is 22.4 Å². The van der Waals surface area contributed by atoms with Crippen molar-refractivity contribution in [1.29, 1.82) is 0 Å². The first-order valence-corrected chi connectivity index (χ1v) is 8.67. The van der Waals surface area contributed by atoms with Gasteiger partial charge in [-0.25, -0.2) is 0 Å². The molecule has 0 unspecified atom stereocenters. The van der Waals surface area contributed by atoms with E-state index in [9.17, 15) is 14.4 Å². The maximum atomic E-state index is 12.7. The smallest absolute Gasteiger partial charge is 0.326 e. The molecule has 1 aromatic heterocycles. The third-order valence-corrected chi connectivity index (χ3v) is 5.70. The molecule has 2 aliphatic heterocycles. The molecule has 2 amide bonds. The van der Waals surface area contributed by atoms with Gasteiger partial charge in [-0.1, -0.05) is 6.07 Å². The van der Waals surface area contributed by atoms with Crippen LogP contribution in [0, 0.1) is 11.8 Å². The molecule has 4 atom stereocenters. The molecule has 0 radical (unpaired) electrons. The van der Waals surface area contributed by atoms with Crippen molar-refractivity contribution < 1.29 is 19.1 Å². The largest absolute Gasteiger partial charge is 0.465 e. The summed E-state index contributed by atoms with van der Waals surface area (Å²) in [4.78, 5) is 40.2. The van der Waals surface area contributed by atoms with E-state index >= 15 is 0 Å². The van der Waals surface area contributed by atoms with Crippen molar-refractivity contribution in [2.45, 2.75) is 32.4 Å². The first-order valence-electron chi connectivity index (χ1n) is 7.79. The van der Waals surface area contributed by atoms with Crippen molar-refractivity contribution in [2.75, 3.05) is 13.2 Å². The molecule has 2 aliphatic rings. The van der Waals surface area contributed by atoms with Crippen LogP contribution < -0.4 is 5.32 Å². The molecule has 1 N–H and O–H groups in total. The SMILES string of the molecule is CCOC(=O)[C@]1(C)N[C@H](c2cccs2)[C@H]2C(=O)N(CC)C(=O)[C@H]21. The van der Waals surface area contributed by atoms with Crippen LogP contribution in [0.5, 0.6) is 0 Å². The average Bonchev–Trinajstić information content (AvgIpc) is 3.18. The predicted molar refractivity (Wildman–Crippen MR) is 84.6 cm³/mol. The summed E-state index contributed by atoms with van der Waals surface area (Å²) >= 11 is 1.51. The second-order valence-corrected chi connectivity index (χ2v) is 6.96. The van der Waals surface area contributed by atoms with E-state index in [0.717, 1.165) is 4.88 Å². The number of fused-ring (bicyclic) bond motifs is 1. The fourth-order valence-electron chi connectivity index (χ4n) is 3.69. The van der Waals surface area contributed by atoms with Gasteiger partial charge in [-0.2, -0.15) is 0 Å². The lowest BCUT2D eigenvalue weighted by Gasteiger charge is -2.28. The maximum absolute atomic E-state index is 12.7. The van der Waals surface area contributed by atoms with Crippen molar-refractivity contribution >= 4 is 29.1 Å². The third kappa shape index (κ3) is 2.21. The Morgan fingerprint density at radius 3 is 2.70 bits per heavy atom. The van der Waals surface area contributed by atoms with E-state index in [1.165, 1.54) is 16.2 Å². The number of thiophene rings is 1. The number of esters is 1. The van der Waals surface area contributed by atoms with E-state index in [1.807, 2.05) is 17.5 Å². The van der Waals surface area contributed by atoms with Crippen LogP contribution in [0.25, 0.3) is 0 Å². The fourth-order valence-corrected chi connectivity index (χ4v) is 4.51. The van der Waals surface area contributed by atoms with Crippen LogP contribution in [-0.4, -0.2) is 41.4 Å². The van der Waals surface area contributed by atoms with Crippen LogP contribution >= 0.6 is 11.3 Å². The monoisotopic (exact) mass is 336 g/mol. The lowest BCUT2D eigenvalue weighted by Crippen LogP contribution is -2.54. The van der Waals surface area contributed by atoms with E-state index in [4.69, 9.17) is 4.74 Å². The molecule has 6 nitrogen and oxygen atoms in total. The molecule has 0 spiro atoms. The van der Waals surface area contributed by atoms with Crippen LogP contribution in [-0.2, 0) is 19.1 Å². The first kappa shape index (κ1) is 16.1. The number of likely N-dealkylation sites (tertiary alicyclic amines) is 1. The molecule has 2 saturated heterocycles. The number of ether oxygens (including phenoxy) is 1. The third-order valence-electron chi connectivity index (χ3n) is 4.74. The summed E-state index contributed by atoms with van der Waals surface area (Å²) in [6, 6.07) is 3.47. The summed E-state index contributed by atoms with van der Waals surface area (Å²) in [6.45, 7) is 5.72. The highest BCUT2D eigenvalue weighted by Gasteiger charge is 2.66. The summed E-state index contributed by atoms with van der Waals surface area (Å²) in [5.74, 6) is -2.25. The maximum Gasteiger partial charge on any atom is 0.326 e. The van der Waals surface area contributed by atoms with Crippen LogP contribution in [0.2, 0.25) is 0 Å². The number of carbonyl (C=O) groups is 3. The Labute approximate surface area is 138 Å². The molecular weight excluding hydrogens is 316 g/mol. The molecule has 7 heteroatoms. The molecule has 1 aromatic rings. The highest BCUT2D eigenvalue weighted by atomic mass is 32.1. The fraction of sp³-hybridized carbons (Fsp3) is 0.562. The van der Waals surface area contributed by atoms with E-state index < -0.39 is 23.3 Å². The van der Waals surface area contributed by atoms with Crippen molar-refractivity contribution in [2.24, 2.45) is 11.8 Å². The number of amides is 2. The Kier molecular flexibility index (Phi) is 4.01. The lowest BCUT2D eigenvalue weighted by molar-refractivity contribution is -0.155. The molecule has 23 heavy (non-hydrogen) atoms. The van der Waals surface area contributed by atoms with Gasteiger partial charge >= 0.3 is 5.97 Å². The minimum Gasteiger partial charge on any atom is -0.465 e. The number of nitrogens with zero attached hydrogens (tertiary/aromatic N) is 1. The second kappa shape index (κ2) is 5.72. The topological polar surface area (TPSA) is 75.7 Å². The van der Waals surface area contributed by atoms with Crippen molar-refractivity contribution in [3.8, 4) is 0 Å². The number of rotatable bonds is 4. The Morgan fingerprint density at radius 2 is 2.13 bits per heavy atom. The van der Waals surface area contributed by atoms with Crippen molar-refractivity contribution in [1.82, 2.24) is 10.2 Å². The van der Waals surface area contributed by atoms with Crippen LogP contribution in [0.15, 0.2) is 17.5 Å². The normalized spacial score (nSPS) is 33.2. The Bertz CT molecular complexity index is 645. The van der Waals surface area contributed by atoms with Gasteiger partial charge in [-0.15, -0.1) is 11.3 Å². The number of nitrogens with one attached hydrogen (secondary N) is 1. The average molecular weight is 336 g/mol. The van der Waals surface area contributed by atoms with Crippen LogP contribution in [0.4, 0.5) is 0 Å². The lowest BCUT2D eigenvalue weighted by atomic mass is 9.81. The standard InChI is InChI=1S/C16H20N2O4S/c1-4-18-13(19)10-11(14(18)20)16(3,15(21)22-5-2)17-12(10)9-7-6-8-23-9/h6-8,10-12,17H,4-5H2,1-3H3/t10-,11-,12+,16+/m0/s1. The number of carbonyl (C=O) groups excluding carboxylic acids is 3. The Morgan fingerprint density at radius 1 is 1.39 bits per heavy atom. The van der Waals surface area contributed by atoms with E-state index in [0.29, 0.717) is 6.54 Å². The highest BCUT2D eigenvalue weighted by molar-refractivity contribution is 7.10. The Hall–Kier alpha value is -1.73. The number of hydrogen-bond donors (Lipinski definition) is 1. The summed E-state index contributed by atoms with van der Waals surface area (Å²) < 4.78 is 5.18. The summed E-state index contributed by atoms with van der Waals surface area (Å²) in [7, 11) is 0. The van der Waals surface area contributed by atoms with E-state index in [2.05, 4.69) is 5.32 Å². The minimum atomic E-state index is -1.19. The highest BCUT2D eigenvalue weighted by Crippen LogP contribution is 2.49. The zero-order valence-corrected chi connectivity index (χ0v) is 14.2. The Balaban J connectivity index is 2.06. The zero-order chi connectivity index (χ0) is 16.8. The number of hydrogen-bond acceptors (Lipinski definition) is 6. The summed E-state index contributed by atoms with van der Waals surface area (Å²) in [5, 5.41) is 5.15. The molecule has 0 bridgehead atoms. The minimum absolute atomic E-state index is 0.207. The van der Waals surface area contributed by atoms with Crippen LogP contribution in [0.3, 0.4) is 0 Å². The zero-order valence-electron chi connectivity index (χ0n) is 13.4. The van der Waals surface area contributed by atoms with Gasteiger partial charge in [0.25, 0.3) is 0 Å². The van der Waals surface area contributed by atoms with Crippen LogP contribution in [0.1, 0.15) is 31.7 Å². The molecule has 124 valence electrons. The van der Waals surface area contributed by atoms with Gasteiger partial charge < -0.3 is 4.74 Å². The molecule has 2 fully saturated rings. The van der Waals surface area contributed by atoms with Crippen molar-refractivity contribution in [3.63, 3.8) is 0 Å². The van der Waals surface area contributed by atoms with Gasteiger partial charge in [0.15, 0.2) is 0 Å². The quantitative estimate of drug-likeness (QED) is 0.663. The van der Waals surface area contributed by atoms with Gasteiger partial charge in [0, 0.05) is 11.4 Å². The van der Waals surface area contributed by atoms with E-state index in [1.54, 1.807) is 20.8 Å². The van der Waals surface area contributed by atoms with Gasteiger partial charge in [-0.3, -0.25) is 24.6 Å². The molecule has 0 aromatic carbocycles. The molecule has 3 rings (SSSR count).